The third-order valence-corrected chi connectivity index (χ3v) is 3.81. The number of aliphatic carboxylic acids is 1. The predicted molar refractivity (Wildman–Crippen MR) is 68.1 cm³/mol. The van der Waals surface area contributed by atoms with Crippen molar-refractivity contribution in [3.63, 3.8) is 0 Å². The molecule has 102 valence electrons. The molecule has 1 aromatic rings. The molecule has 0 amide bonds. The van der Waals surface area contributed by atoms with Crippen molar-refractivity contribution in [3.8, 4) is 11.5 Å². The van der Waals surface area contributed by atoms with Crippen LogP contribution in [0.2, 0.25) is 0 Å². The number of carboxylic acid groups (broad SMARTS) is 1. The molecule has 19 heavy (non-hydrogen) atoms. The van der Waals surface area contributed by atoms with E-state index in [0.717, 1.165) is 6.42 Å². The minimum atomic E-state index is -0.917. The lowest BCUT2D eigenvalue weighted by molar-refractivity contribution is -0.147. The van der Waals surface area contributed by atoms with Gasteiger partial charge in [0, 0.05) is 5.56 Å². The largest absolute Gasteiger partial charge is 0.493 e. The maximum Gasteiger partial charge on any atom is 0.314 e. The van der Waals surface area contributed by atoms with Crippen LogP contribution < -0.4 is 9.47 Å². The summed E-state index contributed by atoms with van der Waals surface area (Å²) in [6.45, 7) is 0. The monoisotopic (exact) mass is 264 g/mol. The number of hydrogen-bond donors (Lipinski definition) is 1. The second-order valence-electron chi connectivity index (χ2n) is 4.63. The number of hydrogen-bond acceptors (Lipinski definition) is 4. The Balaban J connectivity index is 2.64. The molecule has 0 heterocycles. The maximum atomic E-state index is 11.6. The van der Waals surface area contributed by atoms with Crippen LogP contribution in [0.5, 0.6) is 11.5 Å². The summed E-state index contributed by atoms with van der Waals surface area (Å²) in [5.74, 6) is -0.227. The number of ether oxygens (including phenoxy) is 2. The summed E-state index contributed by atoms with van der Waals surface area (Å²) in [6.07, 6.45) is 2.68. The van der Waals surface area contributed by atoms with E-state index in [2.05, 4.69) is 0 Å². The van der Waals surface area contributed by atoms with E-state index in [4.69, 9.17) is 9.47 Å². The number of carboxylic acids is 1. The molecule has 5 heteroatoms. The summed E-state index contributed by atoms with van der Waals surface area (Å²) in [6, 6.07) is 3.23. The molecule has 1 N–H and O–H groups in total. The molecule has 0 unspecified atom stereocenters. The summed E-state index contributed by atoms with van der Waals surface area (Å²) in [5, 5.41) is 9.48. The molecule has 2 rings (SSSR count). The van der Waals surface area contributed by atoms with Crippen LogP contribution in [0.15, 0.2) is 12.1 Å². The van der Waals surface area contributed by atoms with E-state index in [1.807, 2.05) is 0 Å². The minimum Gasteiger partial charge on any atom is -0.493 e. The van der Waals surface area contributed by atoms with E-state index in [0.29, 0.717) is 41.8 Å². The third-order valence-electron chi connectivity index (χ3n) is 3.81. The Kier molecular flexibility index (Phi) is 3.46. The fourth-order valence-corrected chi connectivity index (χ4v) is 2.59. The molecule has 1 aromatic carbocycles. The van der Waals surface area contributed by atoms with Gasteiger partial charge in [0.1, 0.15) is 0 Å². The average molecular weight is 264 g/mol. The smallest absolute Gasteiger partial charge is 0.314 e. The standard InChI is InChI=1S/C14H16O5/c1-18-11-9(8-15)4-5-10(12(11)19-2)14(13(16)17)6-3-7-14/h4-5,8H,3,6-7H2,1-2H3,(H,16,17). The highest BCUT2D eigenvalue weighted by molar-refractivity contribution is 5.87. The highest BCUT2D eigenvalue weighted by Crippen LogP contribution is 2.50. The van der Waals surface area contributed by atoms with E-state index in [1.54, 1.807) is 12.1 Å². The molecule has 1 aliphatic rings. The lowest BCUT2D eigenvalue weighted by Gasteiger charge is -2.39. The number of benzene rings is 1. The fraction of sp³-hybridized carbons (Fsp3) is 0.429. The fourth-order valence-electron chi connectivity index (χ4n) is 2.59. The Morgan fingerprint density at radius 1 is 1.26 bits per heavy atom. The summed E-state index contributed by atoms with van der Waals surface area (Å²) < 4.78 is 10.5. The van der Waals surface area contributed by atoms with Crippen molar-refractivity contribution in [2.24, 2.45) is 0 Å². The van der Waals surface area contributed by atoms with E-state index < -0.39 is 11.4 Å². The quantitative estimate of drug-likeness (QED) is 0.824. The summed E-state index contributed by atoms with van der Waals surface area (Å²) in [4.78, 5) is 22.5. The Hall–Kier alpha value is -2.04. The average Bonchev–Trinajstić information content (AvgIpc) is 2.35. The zero-order chi connectivity index (χ0) is 14.0. The molecule has 5 nitrogen and oxygen atoms in total. The van der Waals surface area contributed by atoms with Gasteiger partial charge in [0.15, 0.2) is 17.8 Å². The van der Waals surface area contributed by atoms with E-state index in [9.17, 15) is 14.7 Å². The predicted octanol–water partition coefficient (Wildman–Crippen LogP) is 2.02. The van der Waals surface area contributed by atoms with Crippen LogP contribution in [0, 0.1) is 0 Å². The van der Waals surface area contributed by atoms with Crippen molar-refractivity contribution < 1.29 is 24.2 Å². The Morgan fingerprint density at radius 3 is 2.26 bits per heavy atom. The summed E-state index contributed by atoms with van der Waals surface area (Å²) >= 11 is 0. The van der Waals surface area contributed by atoms with Crippen molar-refractivity contribution in [1.29, 1.82) is 0 Å². The first kappa shape index (κ1) is 13.4. The van der Waals surface area contributed by atoms with E-state index in [-0.39, 0.29) is 0 Å². The van der Waals surface area contributed by atoms with Crippen molar-refractivity contribution in [1.82, 2.24) is 0 Å². The first-order valence-electron chi connectivity index (χ1n) is 6.04. The Labute approximate surface area is 111 Å². The van der Waals surface area contributed by atoms with Gasteiger partial charge < -0.3 is 14.6 Å². The van der Waals surface area contributed by atoms with Crippen molar-refractivity contribution in [2.75, 3.05) is 14.2 Å². The number of carbonyl (C=O) groups excluding carboxylic acids is 1. The van der Waals surface area contributed by atoms with Crippen molar-refractivity contribution in [3.05, 3.63) is 23.3 Å². The van der Waals surface area contributed by atoms with Gasteiger partial charge in [-0.2, -0.15) is 0 Å². The molecule has 1 aliphatic carbocycles. The summed E-state index contributed by atoms with van der Waals surface area (Å²) in [7, 11) is 2.88. The first-order chi connectivity index (χ1) is 9.10. The SMILES string of the molecule is COc1c(C=O)ccc(C2(C(=O)O)CCC2)c1OC. The second kappa shape index (κ2) is 4.91. The molecule has 0 atom stereocenters. The van der Waals surface area contributed by atoms with Crippen LogP contribution in [0.4, 0.5) is 0 Å². The molecule has 0 bridgehead atoms. The number of aldehydes is 1. The Bertz CT molecular complexity index is 517. The lowest BCUT2D eigenvalue weighted by Crippen LogP contribution is -2.42. The van der Waals surface area contributed by atoms with Gasteiger partial charge in [0.2, 0.25) is 0 Å². The lowest BCUT2D eigenvalue weighted by atomic mass is 9.64. The molecule has 1 saturated carbocycles. The minimum absolute atomic E-state index is 0.294. The third kappa shape index (κ3) is 1.85. The topological polar surface area (TPSA) is 72.8 Å². The number of carbonyl (C=O) groups is 2. The van der Waals surface area contributed by atoms with E-state index in [1.165, 1.54) is 14.2 Å². The molecule has 1 fully saturated rings. The van der Waals surface area contributed by atoms with E-state index >= 15 is 0 Å². The molecule has 0 aliphatic heterocycles. The highest BCUT2D eigenvalue weighted by atomic mass is 16.5. The number of rotatable bonds is 5. The molecule has 0 aromatic heterocycles. The van der Waals surface area contributed by atoms with Crippen LogP contribution >= 0.6 is 0 Å². The van der Waals surface area contributed by atoms with Gasteiger partial charge in [0.25, 0.3) is 0 Å². The molecular weight excluding hydrogens is 248 g/mol. The maximum absolute atomic E-state index is 11.6. The van der Waals surface area contributed by atoms with Gasteiger partial charge in [-0.1, -0.05) is 12.5 Å². The highest BCUT2D eigenvalue weighted by Gasteiger charge is 2.48. The van der Waals surface area contributed by atoms with Gasteiger partial charge >= 0.3 is 5.97 Å². The molecule has 0 radical (unpaired) electrons. The molecule has 0 spiro atoms. The van der Waals surface area contributed by atoms with Crippen molar-refractivity contribution in [2.45, 2.75) is 24.7 Å². The van der Waals surface area contributed by atoms with Gasteiger partial charge in [-0.3, -0.25) is 9.59 Å². The number of methoxy groups -OCH3 is 2. The Morgan fingerprint density at radius 2 is 1.89 bits per heavy atom. The zero-order valence-electron chi connectivity index (χ0n) is 10.9. The van der Waals surface area contributed by atoms with Crippen molar-refractivity contribution >= 4 is 12.3 Å². The van der Waals surface area contributed by atoms with Gasteiger partial charge in [0.05, 0.1) is 25.2 Å². The van der Waals surface area contributed by atoms with Gasteiger partial charge in [-0.25, -0.2) is 0 Å². The second-order valence-corrected chi connectivity index (χ2v) is 4.63. The first-order valence-corrected chi connectivity index (χ1v) is 6.04. The zero-order valence-corrected chi connectivity index (χ0v) is 10.9. The van der Waals surface area contributed by atoms with Crippen LogP contribution in [0.25, 0.3) is 0 Å². The molecular formula is C14H16O5. The van der Waals surface area contributed by atoms with Gasteiger partial charge in [-0.15, -0.1) is 0 Å². The summed E-state index contributed by atoms with van der Waals surface area (Å²) in [5.41, 5.74) is 0.0132. The molecule has 0 saturated heterocycles. The van der Waals surface area contributed by atoms with Gasteiger partial charge in [-0.05, 0) is 18.9 Å². The van der Waals surface area contributed by atoms with Crippen LogP contribution in [0.3, 0.4) is 0 Å². The van der Waals surface area contributed by atoms with Crippen LogP contribution in [-0.4, -0.2) is 31.6 Å². The van der Waals surface area contributed by atoms with Crippen LogP contribution in [-0.2, 0) is 10.2 Å². The van der Waals surface area contributed by atoms with Crippen LogP contribution in [0.1, 0.15) is 35.2 Å². The normalized spacial score (nSPS) is 16.3.